The van der Waals surface area contributed by atoms with Crippen LogP contribution in [0.25, 0.3) is 10.8 Å². The minimum atomic E-state index is -0.863. The van der Waals surface area contributed by atoms with Gasteiger partial charge in [-0.25, -0.2) is 0 Å². The molecule has 0 radical (unpaired) electrons. The molecular weight excluding hydrogens is 356 g/mol. The Balaban J connectivity index is 1.85. The van der Waals surface area contributed by atoms with Gasteiger partial charge in [0, 0.05) is 28.1 Å². The lowest BCUT2D eigenvalue weighted by Crippen LogP contribution is -2.29. The smallest absolute Gasteiger partial charge is 0.269 e. The Morgan fingerprint density at radius 3 is 2.50 bits per heavy atom. The first kappa shape index (κ1) is 17.6. The molecule has 0 spiro atoms. The van der Waals surface area contributed by atoms with Crippen molar-refractivity contribution < 1.29 is 14.5 Å². The maximum absolute atomic E-state index is 12.3. The maximum atomic E-state index is 12.3. The van der Waals surface area contributed by atoms with Crippen molar-refractivity contribution in [1.82, 2.24) is 5.32 Å². The number of hydrogen-bond donors (Lipinski definition) is 1. The van der Waals surface area contributed by atoms with Crippen molar-refractivity contribution in [3.63, 3.8) is 0 Å². The van der Waals surface area contributed by atoms with Gasteiger partial charge in [-0.1, -0.05) is 35.9 Å². The lowest BCUT2D eigenvalue weighted by molar-refractivity contribution is -0.384. The molecule has 0 saturated heterocycles. The summed E-state index contributed by atoms with van der Waals surface area (Å²) in [5.41, 5.74) is 0.704. The number of carbonyl (C=O) groups excluding carboxylic acids is 2. The van der Waals surface area contributed by atoms with Gasteiger partial charge < -0.3 is 10.1 Å². The van der Waals surface area contributed by atoms with E-state index in [-0.39, 0.29) is 11.3 Å². The predicted molar refractivity (Wildman–Crippen MR) is 98.3 cm³/mol. The number of nitro groups is 1. The molecule has 1 N–H and O–H groups in total. The van der Waals surface area contributed by atoms with Crippen molar-refractivity contribution in [3.8, 4) is 0 Å². The highest BCUT2D eigenvalue weighted by molar-refractivity contribution is 6.35. The van der Waals surface area contributed by atoms with Crippen LogP contribution in [0.4, 0.5) is 5.69 Å². The molecule has 7 heteroatoms. The molecule has 3 rings (SSSR count). The van der Waals surface area contributed by atoms with Gasteiger partial charge >= 0.3 is 0 Å². The number of non-ortho nitro benzene ring substituents is 1. The molecule has 1 amide bonds. The van der Waals surface area contributed by atoms with E-state index in [0.717, 1.165) is 10.8 Å². The van der Waals surface area contributed by atoms with Gasteiger partial charge in [0.25, 0.3) is 11.6 Å². The van der Waals surface area contributed by atoms with E-state index >= 15 is 0 Å². The van der Waals surface area contributed by atoms with Crippen molar-refractivity contribution in [2.24, 2.45) is 0 Å². The number of aldehydes is 1. The number of halogens is 1. The van der Waals surface area contributed by atoms with Crippen LogP contribution >= 0.6 is 11.6 Å². The third-order valence-corrected chi connectivity index (χ3v) is 4.30. The molecule has 0 saturated carbocycles. The standard InChI is InChI=1S/C19H13ClN2O4/c20-17-3-1-2-12-4-5-14(10-16(12)17)18(11-23)21-19(24)13-6-8-15(9-7-13)22(25)26/h1-11,18H,(H,21,24). The topological polar surface area (TPSA) is 89.3 Å². The Labute approximate surface area is 153 Å². The summed E-state index contributed by atoms with van der Waals surface area (Å²) in [5, 5.41) is 15.5. The molecule has 3 aromatic rings. The van der Waals surface area contributed by atoms with E-state index in [1.807, 2.05) is 18.2 Å². The van der Waals surface area contributed by atoms with Gasteiger partial charge in [-0.05, 0) is 35.2 Å². The number of hydrogen-bond acceptors (Lipinski definition) is 4. The van der Waals surface area contributed by atoms with Crippen molar-refractivity contribution >= 4 is 40.3 Å². The summed E-state index contributed by atoms with van der Waals surface area (Å²) in [6.07, 6.45) is 0.626. The molecule has 0 bridgehead atoms. The Bertz CT molecular complexity index is 1000. The number of fused-ring (bicyclic) bond motifs is 1. The fourth-order valence-electron chi connectivity index (χ4n) is 2.60. The van der Waals surface area contributed by atoms with Crippen LogP contribution in [0, 0.1) is 10.1 Å². The third-order valence-electron chi connectivity index (χ3n) is 3.98. The van der Waals surface area contributed by atoms with Gasteiger partial charge in [-0.3, -0.25) is 14.9 Å². The zero-order valence-electron chi connectivity index (χ0n) is 13.4. The first-order chi connectivity index (χ1) is 12.5. The predicted octanol–water partition coefficient (Wildman–Crippen LogP) is 4.07. The second kappa shape index (κ2) is 7.33. The van der Waals surface area contributed by atoms with Gasteiger partial charge in [-0.2, -0.15) is 0 Å². The van der Waals surface area contributed by atoms with E-state index in [1.54, 1.807) is 18.2 Å². The number of nitrogens with zero attached hydrogens (tertiary/aromatic N) is 1. The van der Waals surface area contributed by atoms with E-state index in [0.29, 0.717) is 16.9 Å². The van der Waals surface area contributed by atoms with Gasteiger partial charge in [0.2, 0.25) is 0 Å². The number of benzene rings is 3. The van der Waals surface area contributed by atoms with Crippen LogP contribution in [0.15, 0.2) is 60.7 Å². The van der Waals surface area contributed by atoms with Gasteiger partial charge in [0.1, 0.15) is 12.3 Å². The second-order valence-electron chi connectivity index (χ2n) is 5.61. The summed E-state index contributed by atoms with van der Waals surface area (Å²) in [6, 6.07) is 15.1. The van der Waals surface area contributed by atoms with Crippen LogP contribution in [0.2, 0.25) is 5.02 Å². The van der Waals surface area contributed by atoms with Crippen LogP contribution in [-0.2, 0) is 4.79 Å². The summed E-state index contributed by atoms with van der Waals surface area (Å²) in [5.74, 6) is -0.503. The average molecular weight is 369 g/mol. The monoisotopic (exact) mass is 368 g/mol. The van der Waals surface area contributed by atoms with Gasteiger partial charge in [-0.15, -0.1) is 0 Å². The fourth-order valence-corrected chi connectivity index (χ4v) is 2.84. The Kier molecular flexibility index (Phi) is 4.95. The largest absolute Gasteiger partial charge is 0.338 e. The van der Waals surface area contributed by atoms with Gasteiger partial charge in [0.05, 0.1) is 4.92 Å². The molecule has 3 aromatic carbocycles. The van der Waals surface area contributed by atoms with Gasteiger partial charge in [0.15, 0.2) is 0 Å². The fraction of sp³-hybridized carbons (Fsp3) is 0.0526. The number of rotatable bonds is 5. The molecule has 0 aromatic heterocycles. The van der Waals surface area contributed by atoms with E-state index in [2.05, 4.69) is 5.32 Å². The first-order valence-electron chi connectivity index (χ1n) is 7.68. The lowest BCUT2D eigenvalue weighted by Gasteiger charge is -2.14. The minimum absolute atomic E-state index is 0.113. The SMILES string of the molecule is O=CC(NC(=O)c1ccc([N+](=O)[O-])cc1)c1ccc2cccc(Cl)c2c1. The Hall–Kier alpha value is -3.25. The minimum Gasteiger partial charge on any atom is -0.338 e. The molecule has 1 atom stereocenters. The van der Waals surface area contributed by atoms with E-state index in [1.165, 1.54) is 24.3 Å². The average Bonchev–Trinajstić information content (AvgIpc) is 2.66. The normalized spacial score (nSPS) is 11.7. The van der Waals surface area contributed by atoms with Crippen LogP contribution in [0.5, 0.6) is 0 Å². The highest BCUT2D eigenvalue weighted by atomic mass is 35.5. The zero-order chi connectivity index (χ0) is 18.7. The number of nitro benzene ring substituents is 1. The summed E-state index contributed by atoms with van der Waals surface area (Å²) >= 11 is 6.19. The van der Waals surface area contributed by atoms with Crippen LogP contribution in [0.3, 0.4) is 0 Å². The maximum Gasteiger partial charge on any atom is 0.269 e. The molecule has 0 fully saturated rings. The summed E-state index contributed by atoms with van der Waals surface area (Å²) in [6.45, 7) is 0. The number of nitrogens with one attached hydrogen (secondary N) is 1. The number of carbonyl (C=O) groups is 2. The first-order valence-corrected chi connectivity index (χ1v) is 8.06. The highest BCUT2D eigenvalue weighted by Gasteiger charge is 2.17. The van der Waals surface area contributed by atoms with E-state index in [9.17, 15) is 19.7 Å². The van der Waals surface area contributed by atoms with Crippen molar-refractivity contribution in [2.45, 2.75) is 6.04 Å². The molecule has 0 heterocycles. The van der Waals surface area contributed by atoms with E-state index < -0.39 is 16.9 Å². The highest BCUT2D eigenvalue weighted by Crippen LogP contribution is 2.26. The third kappa shape index (κ3) is 3.55. The molecule has 1 unspecified atom stereocenters. The Morgan fingerprint density at radius 2 is 1.85 bits per heavy atom. The number of amides is 1. The summed E-state index contributed by atoms with van der Waals surface area (Å²) in [4.78, 5) is 34.0. The van der Waals surface area contributed by atoms with E-state index in [4.69, 9.17) is 11.6 Å². The van der Waals surface area contributed by atoms with Crippen LogP contribution < -0.4 is 5.32 Å². The lowest BCUT2D eigenvalue weighted by atomic mass is 10.0. The second-order valence-corrected chi connectivity index (χ2v) is 6.02. The summed E-state index contributed by atoms with van der Waals surface area (Å²) in [7, 11) is 0. The van der Waals surface area contributed by atoms with Crippen LogP contribution in [0.1, 0.15) is 22.0 Å². The zero-order valence-corrected chi connectivity index (χ0v) is 14.1. The molecular formula is C19H13ClN2O4. The molecule has 0 aliphatic heterocycles. The van der Waals surface area contributed by atoms with Crippen molar-refractivity contribution in [2.75, 3.05) is 0 Å². The van der Waals surface area contributed by atoms with Crippen LogP contribution in [-0.4, -0.2) is 17.1 Å². The van der Waals surface area contributed by atoms with Crippen molar-refractivity contribution in [3.05, 3.63) is 86.9 Å². The van der Waals surface area contributed by atoms with Crippen molar-refractivity contribution in [1.29, 1.82) is 0 Å². The molecule has 6 nitrogen and oxygen atoms in total. The summed E-state index contributed by atoms with van der Waals surface area (Å²) < 4.78 is 0. The quantitative estimate of drug-likeness (QED) is 0.417. The molecule has 0 aliphatic rings. The molecule has 130 valence electrons. The Morgan fingerprint density at radius 1 is 1.12 bits per heavy atom. The molecule has 26 heavy (non-hydrogen) atoms. The molecule has 0 aliphatic carbocycles.